The molecular weight excluding hydrogens is 242 g/mol. The van der Waals surface area contributed by atoms with Crippen molar-refractivity contribution < 1.29 is 9.47 Å². The lowest BCUT2D eigenvalue weighted by Gasteiger charge is -2.11. The van der Waals surface area contributed by atoms with Gasteiger partial charge in [0.2, 0.25) is 0 Å². The van der Waals surface area contributed by atoms with Gasteiger partial charge in [0.15, 0.2) is 0 Å². The van der Waals surface area contributed by atoms with E-state index in [1.54, 1.807) is 20.4 Å². The highest BCUT2D eigenvalue weighted by molar-refractivity contribution is 5.68. The summed E-state index contributed by atoms with van der Waals surface area (Å²) in [7, 11) is 3.24. The Balaban J connectivity index is 2.49. The maximum atomic E-state index is 5.80. The minimum atomic E-state index is -0.204. The molecule has 19 heavy (non-hydrogen) atoms. The summed E-state index contributed by atoms with van der Waals surface area (Å²) < 4.78 is 10.5. The number of hydrogen-bond acceptors (Lipinski definition) is 5. The van der Waals surface area contributed by atoms with Crippen LogP contribution in [0.15, 0.2) is 30.5 Å². The number of nitrogens with two attached hydrogens (primary N) is 1. The maximum absolute atomic E-state index is 5.80. The third kappa shape index (κ3) is 2.82. The lowest BCUT2D eigenvalue weighted by molar-refractivity contribution is 0.395. The van der Waals surface area contributed by atoms with Crippen molar-refractivity contribution in [2.24, 2.45) is 5.73 Å². The lowest BCUT2D eigenvalue weighted by atomic mass is 10.1. The molecule has 0 spiro atoms. The molecule has 0 saturated carbocycles. The standard InChI is InChI=1S/C14H17N3O2/c1-9(15)14-16-7-6-12(17-14)11-5-4-10(18-2)8-13(11)19-3/h4-9H,15H2,1-3H3. The molecule has 1 aromatic heterocycles. The quantitative estimate of drug-likeness (QED) is 0.911. The fourth-order valence-electron chi connectivity index (χ4n) is 1.75. The van der Waals surface area contributed by atoms with Crippen LogP contribution in [0.2, 0.25) is 0 Å². The number of benzene rings is 1. The average molecular weight is 259 g/mol. The molecule has 0 radical (unpaired) electrons. The zero-order valence-corrected chi connectivity index (χ0v) is 11.3. The SMILES string of the molecule is COc1ccc(-c2ccnc(C(C)N)n2)c(OC)c1. The Labute approximate surface area is 112 Å². The molecule has 0 bridgehead atoms. The van der Waals surface area contributed by atoms with Gasteiger partial charge >= 0.3 is 0 Å². The molecule has 0 saturated heterocycles. The smallest absolute Gasteiger partial charge is 0.145 e. The van der Waals surface area contributed by atoms with Crippen molar-refractivity contribution in [1.29, 1.82) is 0 Å². The van der Waals surface area contributed by atoms with E-state index in [0.717, 1.165) is 17.0 Å². The first-order valence-electron chi connectivity index (χ1n) is 5.96. The van der Waals surface area contributed by atoms with Crippen molar-refractivity contribution in [3.63, 3.8) is 0 Å². The number of methoxy groups -OCH3 is 2. The van der Waals surface area contributed by atoms with E-state index in [-0.39, 0.29) is 6.04 Å². The van der Waals surface area contributed by atoms with E-state index in [1.165, 1.54) is 0 Å². The zero-order chi connectivity index (χ0) is 13.8. The second-order valence-electron chi connectivity index (χ2n) is 4.15. The molecule has 2 rings (SSSR count). The largest absolute Gasteiger partial charge is 0.497 e. The Morgan fingerprint density at radius 3 is 2.58 bits per heavy atom. The van der Waals surface area contributed by atoms with E-state index < -0.39 is 0 Å². The van der Waals surface area contributed by atoms with Gasteiger partial charge in [0.05, 0.1) is 26.0 Å². The van der Waals surface area contributed by atoms with Crippen molar-refractivity contribution in [2.45, 2.75) is 13.0 Å². The van der Waals surface area contributed by atoms with E-state index in [4.69, 9.17) is 15.2 Å². The molecule has 0 aliphatic carbocycles. The molecule has 2 N–H and O–H groups in total. The van der Waals surface area contributed by atoms with Crippen LogP contribution in [0, 0.1) is 0 Å². The Hall–Kier alpha value is -2.14. The molecule has 0 amide bonds. The Kier molecular flexibility index (Phi) is 3.97. The maximum Gasteiger partial charge on any atom is 0.145 e. The van der Waals surface area contributed by atoms with Crippen LogP contribution in [0.1, 0.15) is 18.8 Å². The summed E-state index contributed by atoms with van der Waals surface area (Å²) in [5.74, 6) is 2.05. The Morgan fingerprint density at radius 1 is 1.16 bits per heavy atom. The molecule has 1 heterocycles. The number of aromatic nitrogens is 2. The summed E-state index contributed by atoms with van der Waals surface area (Å²) in [5.41, 5.74) is 7.46. The normalized spacial score (nSPS) is 12.0. The lowest BCUT2D eigenvalue weighted by Crippen LogP contribution is -2.10. The highest BCUT2D eigenvalue weighted by atomic mass is 16.5. The molecule has 2 aromatic rings. The van der Waals surface area contributed by atoms with Crippen molar-refractivity contribution in [3.05, 3.63) is 36.3 Å². The molecular formula is C14H17N3O2. The van der Waals surface area contributed by atoms with Crippen LogP contribution in [-0.2, 0) is 0 Å². The van der Waals surface area contributed by atoms with Gasteiger partial charge in [0.25, 0.3) is 0 Å². The van der Waals surface area contributed by atoms with Gasteiger partial charge in [0.1, 0.15) is 17.3 Å². The molecule has 1 atom stereocenters. The molecule has 0 fully saturated rings. The molecule has 100 valence electrons. The van der Waals surface area contributed by atoms with Gasteiger partial charge in [-0.15, -0.1) is 0 Å². The predicted octanol–water partition coefficient (Wildman–Crippen LogP) is 2.18. The topological polar surface area (TPSA) is 70.3 Å². The first-order chi connectivity index (χ1) is 9.15. The van der Waals surface area contributed by atoms with Crippen molar-refractivity contribution in [2.75, 3.05) is 14.2 Å². The zero-order valence-electron chi connectivity index (χ0n) is 11.3. The minimum absolute atomic E-state index is 0.204. The van der Waals surface area contributed by atoms with Gasteiger partial charge in [-0.25, -0.2) is 9.97 Å². The average Bonchev–Trinajstić information content (AvgIpc) is 2.46. The summed E-state index contributed by atoms with van der Waals surface area (Å²) in [6.07, 6.45) is 1.70. The summed E-state index contributed by atoms with van der Waals surface area (Å²) >= 11 is 0. The number of nitrogens with zero attached hydrogens (tertiary/aromatic N) is 2. The summed E-state index contributed by atoms with van der Waals surface area (Å²) in [6.45, 7) is 1.85. The summed E-state index contributed by atoms with van der Waals surface area (Å²) in [4.78, 5) is 8.60. The van der Waals surface area contributed by atoms with Gasteiger partial charge in [-0.05, 0) is 25.1 Å². The third-order valence-electron chi connectivity index (χ3n) is 2.77. The van der Waals surface area contributed by atoms with Crippen molar-refractivity contribution in [3.8, 4) is 22.8 Å². The number of rotatable bonds is 4. The predicted molar refractivity (Wildman–Crippen MR) is 73.2 cm³/mol. The van der Waals surface area contributed by atoms with Crippen LogP contribution >= 0.6 is 0 Å². The Morgan fingerprint density at radius 2 is 1.95 bits per heavy atom. The fraction of sp³-hybridized carbons (Fsp3) is 0.286. The van der Waals surface area contributed by atoms with E-state index in [1.807, 2.05) is 31.2 Å². The highest BCUT2D eigenvalue weighted by Crippen LogP contribution is 2.32. The second kappa shape index (κ2) is 5.67. The summed E-state index contributed by atoms with van der Waals surface area (Å²) in [6, 6.07) is 7.22. The second-order valence-corrected chi connectivity index (χ2v) is 4.15. The van der Waals surface area contributed by atoms with E-state index in [9.17, 15) is 0 Å². The van der Waals surface area contributed by atoms with Gasteiger partial charge in [-0.2, -0.15) is 0 Å². The van der Waals surface area contributed by atoms with E-state index in [0.29, 0.717) is 11.6 Å². The molecule has 5 nitrogen and oxygen atoms in total. The molecule has 5 heteroatoms. The van der Waals surface area contributed by atoms with Crippen LogP contribution in [0.3, 0.4) is 0 Å². The molecule has 0 aliphatic heterocycles. The fourth-order valence-corrected chi connectivity index (χ4v) is 1.75. The van der Waals surface area contributed by atoms with Crippen molar-refractivity contribution in [1.82, 2.24) is 9.97 Å². The highest BCUT2D eigenvalue weighted by Gasteiger charge is 2.11. The van der Waals surface area contributed by atoms with Crippen molar-refractivity contribution >= 4 is 0 Å². The summed E-state index contributed by atoms with van der Waals surface area (Å²) in [5, 5.41) is 0. The Bertz CT molecular complexity index is 570. The molecule has 1 unspecified atom stereocenters. The van der Waals surface area contributed by atoms with Gasteiger partial charge in [0, 0.05) is 17.8 Å². The van der Waals surface area contributed by atoms with E-state index >= 15 is 0 Å². The van der Waals surface area contributed by atoms with Crippen LogP contribution in [0.4, 0.5) is 0 Å². The number of hydrogen-bond donors (Lipinski definition) is 1. The van der Waals surface area contributed by atoms with Gasteiger partial charge in [-0.3, -0.25) is 0 Å². The van der Waals surface area contributed by atoms with Gasteiger partial charge in [-0.1, -0.05) is 0 Å². The monoisotopic (exact) mass is 259 g/mol. The van der Waals surface area contributed by atoms with E-state index in [2.05, 4.69) is 9.97 Å². The van der Waals surface area contributed by atoms with Crippen LogP contribution in [-0.4, -0.2) is 24.2 Å². The van der Waals surface area contributed by atoms with Crippen LogP contribution in [0.5, 0.6) is 11.5 Å². The first-order valence-corrected chi connectivity index (χ1v) is 5.96. The third-order valence-corrected chi connectivity index (χ3v) is 2.77. The molecule has 1 aromatic carbocycles. The number of ether oxygens (including phenoxy) is 2. The molecule has 0 aliphatic rings. The van der Waals surface area contributed by atoms with Crippen LogP contribution < -0.4 is 15.2 Å². The first kappa shape index (κ1) is 13.3. The van der Waals surface area contributed by atoms with Gasteiger partial charge < -0.3 is 15.2 Å². The van der Waals surface area contributed by atoms with Crippen LogP contribution in [0.25, 0.3) is 11.3 Å². The minimum Gasteiger partial charge on any atom is -0.497 e.